The molecule has 3 rings (SSSR count). The molecule has 1 aromatic carbocycles. The van der Waals surface area contributed by atoms with Crippen molar-refractivity contribution in [2.45, 2.75) is 26.7 Å². The molecule has 0 atom stereocenters. The second kappa shape index (κ2) is 7.57. The zero-order valence-electron chi connectivity index (χ0n) is 15.8. The molecular formula is C20H22N4O3. The van der Waals surface area contributed by atoms with Gasteiger partial charge < -0.3 is 14.7 Å². The second-order valence-corrected chi connectivity index (χ2v) is 6.77. The maximum absolute atomic E-state index is 13.0. The molecule has 0 aliphatic rings. The Morgan fingerprint density at radius 3 is 2.59 bits per heavy atom. The first-order valence-electron chi connectivity index (χ1n) is 8.74. The van der Waals surface area contributed by atoms with E-state index in [0.29, 0.717) is 28.0 Å². The maximum atomic E-state index is 13.0. The van der Waals surface area contributed by atoms with E-state index >= 15 is 0 Å². The van der Waals surface area contributed by atoms with E-state index in [2.05, 4.69) is 15.5 Å². The highest BCUT2D eigenvalue weighted by molar-refractivity contribution is 6.07. The minimum absolute atomic E-state index is 0.0706. The molecule has 0 fully saturated rings. The lowest BCUT2D eigenvalue weighted by Gasteiger charge is -2.18. The zero-order valence-corrected chi connectivity index (χ0v) is 15.8. The van der Waals surface area contributed by atoms with Crippen LogP contribution in [-0.4, -0.2) is 40.4 Å². The summed E-state index contributed by atoms with van der Waals surface area (Å²) in [4.78, 5) is 31.1. The van der Waals surface area contributed by atoms with E-state index in [-0.39, 0.29) is 24.3 Å². The minimum atomic E-state index is -0.279. The number of para-hydroxylation sites is 1. The van der Waals surface area contributed by atoms with Crippen molar-refractivity contribution < 1.29 is 14.1 Å². The molecule has 0 spiro atoms. The molecule has 2 aromatic heterocycles. The summed E-state index contributed by atoms with van der Waals surface area (Å²) >= 11 is 0. The van der Waals surface area contributed by atoms with Crippen LogP contribution < -0.4 is 5.32 Å². The van der Waals surface area contributed by atoms with Crippen molar-refractivity contribution in [3.05, 3.63) is 53.3 Å². The third kappa shape index (κ3) is 3.97. The van der Waals surface area contributed by atoms with Gasteiger partial charge in [0.1, 0.15) is 0 Å². The Morgan fingerprint density at radius 1 is 1.22 bits per heavy atom. The number of fused-ring (bicyclic) bond motifs is 1. The summed E-state index contributed by atoms with van der Waals surface area (Å²) in [5.74, 6) is -0.426. The van der Waals surface area contributed by atoms with Crippen LogP contribution in [0.5, 0.6) is 0 Å². The van der Waals surface area contributed by atoms with Crippen molar-refractivity contribution in [2.24, 2.45) is 0 Å². The molecule has 2 amide bonds. The highest BCUT2D eigenvalue weighted by Gasteiger charge is 2.23. The monoisotopic (exact) mass is 366 g/mol. The first kappa shape index (κ1) is 18.6. The summed E-state index contributed by atoms with van der Waals surface area (Å²) < 4.78 is 5.26. The molecule has 1 N–H and O–H groups in total. The quantitative estimate of drug-likeness (QED) is 0.748. The number of nitrogens with zero attached hydrogens (tertiary/aromatic N) is 3. The molecule has 27 heavy (non-hydrogen) atoms. The van der Waals surface area contributed by atoms with Crippen LogP contribution in [0.4, 0.5) is 5.69 Å². The fraction of sp³-hybridized carbons (Fsp3) is 0.300. The molecular weight excluding hydrogens is 344 g/mol. The molecule has 140 valence electrons. The van der Waals surface area contributed by atoms with E-state index in [1.807, 2.05) is 32.0 Å². The average Bonchev–Trinajstić information content (AvgIpc) is 3.02. The summed E-state index contributed by atoms with van der Waals surface area (Å²) in [6.45, 7) is 5.67. The van der Waals surface area contributed by atoms with E-state index < -0.39 is 0 Å². The van der Waals surface area contributed by atoms with Gasteiger partial charge in [-0.05, 0) is 31.0 Å². The number of carbonyl (C=O) groups is 2. The van der Waals surface area contributed by atoms with Gasteiger partial charge >= 0.3 is 0 Å². The lowest BCUT2D eigenvalue weighted by molar-refractivity contribution is -0.116. The van der Waals surface area contributed by atoms with Gasteiger partial charge in [-0.2, -0.15) is 0 Å². The lowest BCUT2D eigenvalue weighted by Crippen LogP contribution is -2.35. The Bertz CT molecular complexity index is 980. The maximum Gasteiger partial charge on any atom is 0.259 e. The summed E-state index contributed by atoms with van der Waals surface area (Å²) in [6, 6.07) is 10.9. The Hall–Kier alpha value is -3.22. The average molecular weight is 366 g/mol. The van der Waals surface area contributed by atoms with Gasteiger partial charge in [-0.3, -0.25) is 9.59 Å². The van der Waals surface area contributed by atoms with Gasteiger partial charge in [0, 0.05) is 18.4 Å². The fourth-order valence-electron chi connectivity index (χ4n) is 2.79. The minimum Gasteiger partial charge on any atom is -0.336 e. The van der Waals surface area contributed by atoms with Gasteiger partial charge in [0.25, 0.3) is 11.6 Å². The number of benzene rings is 1. The highest BCUT2D eigenvalue weighted by Crippen LogP contribution is 2.26. The van der Waals surface area contributed by atoms with Crippen LogP contribution in [-0.2, 0) is 4.79 Å². The van der Waals surface area contributed by atoms with Crippen molar-refractivity contribution in [1.29, 1.82) is 0 Å². The van der Waals surface area contributed by atoms with Gasteiger partial charge in [-0.15, -0.1) is 0 Å². The van der Waals surface area contributed by atoms with Crippen molar-refractivity contribution >= 4 is 28.6 Å². The first-order chi connectivity index (χ1) is 12.9. The van der Waals surface area contributed by atoms with Crippen LogP contribution in [0.1, 0.15) is 41.5 Å². The number of aromatic nitrogens is 2. The van der Waals surface area contributed by atoms with Crippen LogP contribution in [0.25, 0.3) is 11.1 Å². The smallest absolute Gasteiger partial charge is 0.259 e. The van der Waals surface area contributed by atoms with Crippen molar-refractivity contribution in [3.63, 3.8) is 0 Å². The molecule has 2 heterocycles. The SMILES string of the molecule is Cc1noc2nc(C(C)C)cc(C(=O)N(C)CC(=O)Nc3ccccc3)c12. The van der Waals surface area contributed by atoms with E-state index in [1.165, 1.54) is 4.90 Å². The zero-order chi connectivity index (χ0) is 19.6. The number of hydrogen-bond acceptors (Lipinski definition) is 5. The van der Waals surface area contributed by atoms with Gasteiger partial charge in [0.05, 0.1) is 23.2 Å². The van der Waals surface area contributed by atoms with Gasteiger partial charge in [0.2, 0.25) is 5.91 Å². The normalized spacial score (nSPS) is 11.0. The first-order valence-corrected chi connectivity index (χ1v) is 8.74. The number of carbonyl (C=O) groups excluding carboxylic acids is 2. The Balaban J connectivity index is 1.84. The van der Waals surface area contributed by atoms with E-state index in [1.54, 1.807) is 32.2 Å². The van der Waals surface area contributed by atoms with Crippen molar-refractivity contribution in [3.8, 4) is 0 Å². The molecule has 0 bridgehead atoms. The summed E-state index contributed by atoms with van der Waals surface area (Å²) in [5, 5.41) is 7.29. The molecule has 7 heteroatoms. The van der Waals surface area contributed by atoms with Crippen LogP contribution in [0.15, 0.2) is 40.9 Å². The third-order valence-electron chi connectivity index (χ3n) is 4.24. The van der Waals surface area contributed by atoms with Gasteiger partial charge in [-0.25, -0.2) is 4.98 Å². The Morgan fingerprint density at radius 2 is 1.93 bits per heavy atom. The molecule has 0 saturated heterocycles. The van der Waals surface area contributed by atoms with Crippen molar-refractivity contribution in [1.82, 2.24) is 15.0 Å². The molecule has 3 aromatic rings. The van der Waals surface area contributed by atoms with Gasteiger partial charge in [-0.1, -0.05) is 37.2 Å². The summed E-state index contributed by atoms with van der Waals surface area (Å²) in [5.41, 5.74) is 2.80. The highest BCUT2D eigenvalue weighted by atomic mass is 16.5. The number of hydrogen-bond donors (Lipinski definition) is 1. The Kier molecular flexibility index (Phi) is 5.21. The molecule has 0 saturated carbocycles. The number of likely N-dealkylation sites (N-methyl/N-ethyl adjacent to an activating group) is 1. The molecule has 0 radical (unpaired) electrons. The number of nitrogens with one attached hydrogen (secondary N) is 1. The van der Waals surface area contributed by atoms with Crippen LogP contribution >= 0.6 is 0 Å². The number of rotatable bonds is 5. The number of aryl methyl sites for hydroxylation is 1. The lowest BCUT2D eigenvalue weighted by atomic mass is 10.0. The summed E-state index contributed by atoms with van der Waals surface area (Å²) in [6.07, 6.45) is 0. The van der Waals surface area contributed by atoms with Gasteiger partial charge in [0.15, 0.2) is 0 Å². The second-order valence-electron chi connectivity index (χ2n) is 6.77. The topological polar surface area (TPSA) is 88.3 Å². The Labute approximate surface area is 157 Å². The number of amides is 2. The number of anilines is 1. The standard InChI is InChI=1S/C20H22N4O3/c1-12(2)16-10-15(18-13(3)23-27-19(18)22-16)20(26)24(4)11-17(25)21-14-8-6-5-7-9-14/h5-10,12H,11H2,1-4H3,(H,21,25). The van der Waals surface area contributed by atoms with Crippen molar-refractivity contribution in [2.75, 3.05) is 18.9 Å². The molecule has 7 nitrogen and oxygen atoms in total. The van der Waals surface area contributed by atoms with Crippen LogP contribution in [0.3, 0.4) is 0 Å². The van der Waals surface area contributed by atoms with Crippen LogP contribution in [0.2, 0.25) is 0 Å². The van der Waals surface area contributed by atoms with Crippen LogP contribution in [0, 0.1) is 6.92 Å². The third-order valence-corrected chi connectivity index (χ3v) is 4.24. The fourth-order valence-corrected chi connectivity index (χ4v) is 2.79. The predicted octanol–water partition coefficient (Wildman–Crippen LogP) is 3.37. The number of pyridine rings is 1. The predicted molar refractivity (Wildman–Crippen MR) is 103 cm³/mol. The van der Waals surface area contributed by atoms with E-state index in [9.17, 15) is 9.59 Å². The molecule has 0 unspecified atom stereocenters. The van der Waals surface area contributed by atoms with E-state index in [4.69, 9.17) is 4.52 Å². The van der Waals surface area contributed by atoms with E-state index in [0.717, 1.165) is 5.69 Å². The largest absolute Gasteiger partial charge is 0.336 e. The molecule has 0 aliphatic carbocycles. The molecule has 0 aliphatic heterocycles. The summed E-state index contributed by atoms with van der Waals surface area (Å²) in [7, 11) is 1.59.